The van der Waals surface area contributed by atoms with Crippen LogP contribution in [0.3, 0.4) is 0 Å². The third-order valence-corrected chi connectivity index (χ3v) is 8.16. The van der Waals surface area contributed by atoms with Crippen molar-refractivity contribution in [3.8, 4) is 16.9 Å². The molecule has 3 amide bonds. The molecule has 1 fully saturated rings. The van der Waals surface area contributed by atoms with Gasteiger partial charge in [-0.25, -0.2) is 0 Å². The Bertz CT molecular complexity index is 1460. The van der Waals surface area contributed by atoms with Gasteiger partial charge in [-0.2, -0.15) is 0 Å². The summed E-state index contributed by atoms with van der Waals surface area (Å²) in [7, 11) is 1.74. The Balaban J connectivity index is 1.42. The highest BCUT2D eigenvalue weighted by Gasteiger charge is 2.32. The molecule has 41 heavy (non-hydrogen) atoms. The van der Waals surface area contributed by atoms with Gasteiger partial charge in [0.15, 0.2) is 6.61 Å². The molecule has 0 spiro atoms. The highest BCUT2D eigenvalue weighted by atomic mass is 35.5. The molecule has 214 valence electrons. The molecule has 2 heterocycles. The molecule has 3 aromatic carbocycles. The fourth-order valence-electron chi connectivity index (χ4n) is 5.10. The van der Waals surface area contributed by atoms with E-state index in [0.29, 0.717) is 41.8 Å². The Kier molecular flexibility index (Phi) is 8.79. The van der Waals surface area contributed by atoms with Crippen LogP contribution < -0.4 is 15.4 Å². The minimum atomic E-state index is -0.497. The van der Waals surface area contributed by atoms with Crippen molar-refractivity contribution < 1.29 is 23.9 Å². The van der Waals surface area contributed by atoms with E-state index >= 15 is 0 Å². The molecule has 1 saturated heterocycles. The normalized spacial score (nSPS) is 16.1. The van der Waals surface area contributed by atoms with Crippen molar-refractivity contribution in [2.75, 3.05) is 57.9 Å². The predicted molar refractivity (Wildman–Crippen MR) is 157 cm³/mol. The van der Waals surface area contributed by atoms with E-state index in [9.17, 15) is 14.4 Å². The first kappa shape index (κ1) is 28.9. The van der Waals surface area contributed by atoms with E-state index in [4.69, 9.17) is 38.4 Å². The zero-order valence-electron chi connectivity index (χ0n) is 22.5. The third kappa shape index (κ3) is 6.33. The van der Waals surface area contributed by atoms with E-state index in [1.807, 2.05) is 36.4 Å². The summed E-state index contributed by atoms with van der Waals surface area (Å²) in [6, 6.07) is 17.7. The molecule has 1 unspecified atom stereocenters. The van der Waals surface area contributed by atoms with E-state index in [0.717, 1.165) is 29.8 Å². The second-order valence-corrected chi connectivity index (χ2v) is 10.8. The van der Waals surface area contributed by atoms with Gasteiger partial charge in [-0.05, 0) is 28.8 Å². The molecular formula is C30H30Cl2N4O5. The predicted octanol–water partition coefficient (Wildman–Crippen LogP) is 4.02. The number of carbonyl (C=O) groups excluding carboxylic acids is 3. The summed E-state index contributed by atoms with van der Waals surface area (Å²) in [6.45, 7) is 2.93. The number of primary amides is 1. The largest absolute Gasteiger partial charge is 0.482 e. The van der Waals surface area contributed by atoms with Crippen LogP contribution in [0.5, 0.6) is 5.75 Å². The Morgan fingerprint density at radius 3 is 2.41 bits per heavy atom. The van der Waals surface area contributed by atoms with Gasteiger partial charge in [-0.15, -0.1) is 0 Å². The van der Waals surface area contributed by atoms with Crippen LogP contribution in [-0.2, 0) is 14.3 Å². The minimum Gasteiger partial charge on any atom is -0.482 e. The number of rotatable bonds is 8. The molecule has 0 aliphatic carbocycles. The number of halogens is 2. The summed E-state index contributed by atoms with van der Waals surface area (Å²) in [4.78, 5) is 43.8. The lowest BCUT2D eigenvalue weighted by atomic mass is 9.96. The van der Waals surface area contributed by atoms with E-state index < -0.39 is 5.91 Å². The van der Waals surface area contributed by atoms with Crippen molar-refractivity contribution >= 4 is 46.6 Å². The number of morpholine rings is 1. The van der Waals surface area contributed by atoms with Crippen molar-refractivity contribution in [1.29, 1.82) is 0 Å². The lowest BCUT2D eigenvalue weighted by Gasteiger charge is -2.37. The van der Waals surface area contributed by atoms with Gasteiger partial charge in [0, 0.05) is 38.3 Å². The molecule has 9 nitrogen and oxygen atoms in total. The number of amides is 3. The van der Waals surface area contributed by atoms with Crippen LogP contribution in [0.2, 0.25) is 10.0 Å². The number of nitrogens with zero attached hydrogens (tertiary/aromatic N) is 3. The second-order valence-electron chi connectivity index (χ2n) is 9.97. The number of hydrogen-bond acceptors (Lipinski definition) is 6. The number of ether oxygens (including phenoxy) is 2. The van der Waals surface area contributed by atoms with Crippen molar-refractivity contribution in [2.24, 2.45) is 5.73 Å². The standard InChI is InChI=1S/C30H30Cl2N4O5/c1-34(28(37)17-36-25-14-23(31)24(32)15-27(25)41-18-29(36)38)26(16-35-10-12-40-13-11-35)20-8-6-19(7-9-20)21-4-2-3-5-22(21)30(33)39/h2-9,14-15,26H,10-13,16-18H2,1H3,(H2,33,39). The number of carbonyl (C=O) groups is 3. The Labute approximate surface area is 248 Å². The maximum absolute atomic E-state index is 13.7. The summed E-state index contributed by atoms with van der Waals surface area (Å²) in [5.41, 5.74) is 8.93. The average molecular weight is 597 g/mol. The van der Waals surface area contributed by atoms with Crippen molar-refractivity contribution in [3.63, 3.8) is 0 Å². The first-order valence-electron chi connectivity index (χ1n) is 13.2. The van der Waals surface area contributed by atoms with Crippen LogP contribution in [0.1, 0.15) is 22.0 Å². The van der Waals surface area contributed by atoms with E-state index in [1.54, 1.807) is 30.1 Å². The van der Waals surface area contributed by atoms with Gasteiger partial charge >= 0.3 is 0 Å². The molecule has 2 aliphatic rings. The van der Waals surface area contributed by atoms with Gasteiger partial charge in [-0.1, -0.05) is 65.7 Å². The Hall–Kier alpha value is -3.63. The number of fused-ring (bicyclic) bond motifs is 1. The molecule has 0 saturated carbocycles. The molecule has 2 aliphatic heterocycles. The van der Waals surface area contributed by atoms with Crippen molar-refractivity contribution in [1.82, 2.24) is 9.80 Å². The molecule has 0 bridgehead atoms. The molecular weight excluding hydrogens is 567 g/mol. The summed E-state index contributed by atoms with van der Waals surface area (Å²) in [5.74, 6) is -0.701. The molecule has 1 atom stereocenters. The van der Waals surface area contributed by atoms with Crippen molar-refractivity contribution in [2.45, 2.75) is 6.04 Å². The fourth-order valence-corrected chi connectivity index (χ4v) is 5.42. The summed E-state index contributed by atoms with van der Waals surface area (Å²) in [6.07, 6.45) is 0. The van der Waals surface area contributed by atoms with Crippen LogP contribution >= 0.6 is 23.2 Å². The van der Waals surface area contributed by atoms with Crippen LogP contribution in [0, 0.1) is 0 Å². The zero-order valence-corrected chi connectivity index (χ0v) is 24.0. The fraction of sp³-hybridized carbons (Fsp3) is 0.300. The summed E-state index contributed by atoms with van der Waals surface area (Å²) >= 11 is 12.4. The number of benzene rings is 3. The Morgan fingerprint density at radius 2 is 1.71 bits per heavy atom. The zero-order chi connectivity index (χ0) is 29.1. The van der Waals surface area contributed by atoms with Crippen LogP contribution in [0.4, 0.5) is 5.69 Å². The van der Waals surface area contributed by atoms with Crippen LogP contribution in [0.25, 0.3) is 11.1 Å². The maximum atomic E-state index is 13.7. The third-order valence-electron chi connectivity index (χ3n) is 7.43. The molecule has 5 rings (SSSR count). The van der Waals surface area contributed by atoms with E-state index in [2.05, 4.69) is 4.90 Å². The van der Waals surface area contributed by atoms with Gasteiger partial charge in [0.05, 0.1) is 35.0 Å². The number of nitrogens with two attached hydrogens (primary N) is 1. The van der Waals surface area contributed by atoms with E-state index in [-0.39, 0.29) is 36.0 Å². The SMILES string of the molecule is CN(C(=O)CN1C(=O)COc2cc(Cl)c(Cl)cc21)C(CN1CCOCC1)c1ccc(-c2ccccc2C(N)=O)cc1. The first-order valence-corrected chi connectivity index (χ1v) is 14.0. The molecule has 3 aromatic rings. The van der Waals surface area contributed by atoms with Gasteiger partial charge in [-0.3, -0.25) is 24.2 Å². The smallest absolute Gasteiger partial charge is 0.265 e. The lowest BCUT2D eigenvalue weighted by molar-refractivity contribution is -0.133. The average Bonchev–Trinajstić information content (AvgIpc) is 2.98. The molecule has 2 N–H and O–H groups in total. The van der Waals surface area contributed by atoms with E-state index in [1.165, 1.54) is 11.0 Å². The summed E-state index contributed by atoms with van der Waals surface area (Å²) < 4.78 is 11.0. The first-order chi connectivity index (χ1) is 19.7. The number of anilines is 1. The lowest BCUT2D eigenvalue weighted by Crippen LogP contribution is -2.48. The molecule has 0 aromatic heterocycles. The van der Waals surface area contributed by atoms with Crippen LogP contribution in [-0.4, -0.2) is 80.6 Å². The Morgan fingerprint density at radius 1 is 1.02 bits per heavy atom. The number of likely N-dealkylation sites (N-methyl/N-ethyl adjacent to an activating group) is 1. The quantitative estimate of drug-likeness (QED) is 0.421. The van der Waals surface area contributed by atoms with Gasteiger partial charge in [0.1, 0.15) is 12.3 Å². The van der Waals surface area contributed by atoms with Gasteiger partial charge in [0.2, 0.25) is 11.8 Å². The van der Waals surface area contributed by atoms with Gasteiger partial charge < -0.3 is 20.1 Å². The summed E-state index contributed by atoms with van der Waals surface area (Å²) in [5, 5.41) is 0.563. The highest BCUT2D eigenvalue weighted by molar-refractivity contribution is 6.42. The van der Waals surface area contributed by atoms with Gasteiger partial charge in [0.25, 0.3) is 5.91 Å². The van der Waals surface area contributed by atoms with Crippen molar-refractivity contribution in [3.05, 3.63) is 81.8 Å². The maximum Gasteiger partial charge on any atom is 0.265 e. The highest BCUT2D eigenvalue weighted by Crippen LogP contribution is 2.39. The minimum absolute atomic E-state index is 0.187. The monoisotopic (exact) mass is 596 g/mol. The van der Waals surface area contributed by atoms with Crippen LogP contribution in [0.15, 0.2) is 60.7 Å². The molecule has 11 heteroatoms. The second kappa shape index (κ2) is 12.5. The number of hydrogen-bond donors (Lipinski definition) is 1. The molecule has 0 radical (unpaired) electrons. The topological polar surface area (TPSA) is 105 Å².